The van der Waals surface area contributed by atoms with Gasteiger partial charge in [0.25, 0.3) is 0 Å². The van der Waals surface area contributed by atoms with Gasteiger partial charge in [0.05, 0.1) is 11.4 Å². The first-order chi connectivity index (χ1) is 20.3. The lowest BCUT2D eigenvalue weighted by Crippen LogP contribution is -2.36. The SMILES string of the molecule is c1ccc(CNCCN(CCNCc2ccccn2)Cc2ccc(CNCCc3ccc4[nH]ccc4c3)cc2)nc1. The van der Waals surface area contributed by atoms with E-state index in [9.17, 15) is 0 Å². The van der Waals surface area contributed by atoms with E-state index in [0.717, 1.165) is 76.7 Å². The summed E-state index contributed by atoms with van der Waals surface area (Å²) >= 11 is 0. The molecule has 4 N–H and O–H groups in total. The number of nitrogens with zero attached hydrogens (tertiary/aromatic N) is 3. The molecule has 0 spiro atoms. The summed E-state index contributed by atoms with van der Waals surface area (Å²) in [6, 6.07) is 29.9. The Morgan fingerprint density at radius 2 is 1.24 bits per heavy atom. The third-order valence-corrected chi connectivity index (χ3v) is 7.24. The number of aromatic amines is 1. The number of fused-ring (bicyclic) bond motifs is 1. The summed E-state index contributed by atoms with van der Waals surface area (Å²) < 4.78 is 0. The number of benzene rings is 2. The molecule has 0 saturated heterocycles. The highest BCUT2D eigenvalue weighted by Gasteiger charge is 2.07. The maximum Gasteiger partial charge on any atom is 0.0541 e. The molecule has 0 amide bonds. The molecule has 0 aliphatic heterocycles. The van der Waals surface area contributed by atoms with Gasteiger partial charge in [-0.2, -0.15) is 0 Å². The molecule has 0 unspecified atom stereocenters. The second-order valence-corrected chi connectivity index (χ2v) is 10.4. The van der Waals surface area contributed by atoms with Crippen LogP contribution in [0.25, 0.3) is 10.9 Å². The lowest BCUT2D eigenvalue weighted by atomic mass is 10.1. The first-order valence-corrected chi connectivity index (χ1v) is 14.6. The molecule has 0 saturated carbocycles. The van der Waals surface area contributed by atoms with Crippen LogP contribution >= 0.6 is 0 Å². The molecule has 7 heteroatoms. The smallest absolute Gasteiger partial charge is 0.0541 e. The Morgan fingerprint density at radius 1 is 0.610 bits per heavy atom. The molecule has 5 aromatic rings. The lowest BCUT2D eigenvalue weighted by molar-refractivity contribution is 0.263. The van der Waals surface area contributed by atoms with Crippen molar-refractivity contribution < 1.29 is 0 Å². The molecule has 0 aliphatic carbocycles. The monoisotopic (exact) mass is 547 g/mol. The van der Waals surface area contributed by atoms with Gasteiger partial charge in [0.15, 0.2) is 0 Å². The van der Waals surface area contributed by atoms with Crippen LogP contribution in [0.2, 0.25) is 0 Å². The minimum atomic E-state index is 0.787. The van der Waals surface area contributed by atoms with Gasteiger partial charge in [-0.15, -0.1) is 0 Å². The number of rotatable bonds is 17. The van der Waals surface area contributed by atoms with Gasteiger partial charge in [0.2, 0.25) is 0 Å². The third kappa shape index (κ3) is 9.62. The minimum absolute atomic E-state index is 0.787. The molecular formula is C34H41N7. The topological polar surface area (TPSA) is 80.9 Å². The minimum Gasteiger partial charge on any atom is -0.361 e. The maximum atomic E-state index is 4.41. The number of aromatic nitrogens is 3. The number of H-pyrrole nitrogens is 1. The van der Waals surface area contributed by atoms with Crippen molar-refractivity contribution in [2.75, 3.05) is 32.7 Å². The van der Waals surface area contributed by atoms with Crippen LogP contribution in [-0.4, -0.2) is 52.6 Å². The van der Waals surface area contributed by atoms with E-state index < -0.39 is 0 Å². The summed E-state index contributed by atoms with van der Waals surface area (Å²) in [7, 11) is 0. The van der Waals surface area contributed by atoms with Crippen molar-refractivity contribution in [3.63, 3.8) is 0 Å². The van der Waals surface area contributed by atoms with Crippen molar-refractivity contribution in [2.45, 2.75) is 32.6 Å². The van der Waals surface area contributed by atoms with E-state index in [1.807, 2.05) is 42.9 Å². The van der Waals surface area contributed by atoms with Crippen molar-refractivity contribution in [1.82, 2.24) is 35.8 Å². The molecule has 0 bridgehead atoms. The molecule has 0 radical (unpaired) electrons. The summed E-state index contributed by atoms with van der Waals surface area (Å²) in [5.41, 5.74) is 7.36. The fourth-order valence-corrected chi connectivity index (χ4v) is 4.93. The summed E-state index contributed by atoms with van der Waals surface area (Å²) in [6.45, 7) is 8.10. The number of pyridine rings is 2. The summed E-state index contributed by atoms with van der Waals surface area (Å²) in [4.78, 5) is 14.6. The van der Waals surface area contributed by atoms with Crippen LogP contribution in [0.15, 0.2) is 104 Å². The van der Waals surface area contributed by atoms with Crippen LogP contribution in [0.1, 0.15) is 28.1 Å². The van der Waals surface area contributed by atoms with E-state index in [2.05, 4.69) is 96.5 Å². The normalized spacial score (nSPS) is 11.4. The van der Waals surface area contributed by atoms with Crippen molar-refractivity contribution in [3.05, 3.63) is 132 Å². The van der Waals surface area contributed by atoms with Crippen LogP contribution in [0, 0.1) is 0 Å². The Labute approximate surface area is 243 Å². The van der Waals surface area contributed by atoms with E-state index in [4.69, 9.17) is 0 Å². The molecule has 0 atom stereocenters. The van der Waals surface area contributed by atoms with E-state index in [0.29, 0.717) is 0 Å². The lowest BCUT2D eigenvalue weighted by Gasteiger charge is -2.23. The Morgan fingerprint density at radius 3 is 1.90 bits per heavy atom. The van der Waals surface area contributed by atoms with Crippen LogP contribution in [0.4, 0.5) is 0 Å². The van der Waals surface area contributed by atoms with Gasteiger partial charge >= 0.3 is 0 Å². The quantitative estimate of drug-likeness (QED) is 0.127. The molecule has 7 nitrogen and oxygen atoms in total. The van der Waals surface area contributed by atoms with Gasteiger partial charge in [-0.3, -0.25) is 14.9 Å². The van der Waals surface area contributed by atoms with Crippen molar-refractivity contribution >= 4 is 10.9 Å². The van der Waals surface area contributed by atoms with Gasteiger partial charge in [0.1, 0.15) is 0 Å². The summed E-state index contributed by atoms with van der Waals surface area (Å²) in [5, 5.41) is 12.0. The first kappa shape index (κ1) is 28.6. The Balaban J connectivity index is 1.06. The highest BCUT2D eigenvalue weighted by atomic mass is 15.1. The predicted octanol–water partition coefficient (Wildman–Crippen LogP) is 4.67. The van der Waals surface area contributed by atoms with Gasteiger partial charge in [-0.25, -0.2) is 0 Å². The molecule has 0 aliphatic rings. The summed E-state index contributed by atoms with van der Waals surface area (Å²) in [6.07, 6.45) is 6.72. The van der Waals surface area contributed by atoms with Crippen LogP contribution in [0.5, 0.6) is 0 Å². The molecule has 0 fully saturated rings. The molecule has 3 heterocycles. The fraction of sp³-hybridized carbons (Fsp3) is 0.294. The number of hydrogen-bond acceptors (Lipinski definition) is 6. The Hall–Kier alpha value is -3.88. The molecule has 41 heavy (non-hydrogen) atoms. The second kappa shape index (κ2) is 15.8. The van der Waals surface area contributed by atoms with Crippen molar-refractivity contribution in [2.24, 2.45) is 0 Å². The van der Waals surface area contributed by atoms with Gasteiger partial charge in [0, 0.05) is 76.5 Å². The van der Waals surface area contributed by atoms with Crippen LogP contribution < -0.4 is 16.0 Å². The van der Waals surface area contributed by atoms with E-state index in [1.54, 1.807) is 0 Å². The van der Waals surface area contributed by atoms with Crippen LogP contribution in [-0.2, 0) is 32.6 Å². The molecular weight excluding hydrogens is 506 g/mol. The Bertz CT molecular complexity index is 1370. The molecule has 212 valence electrons. The second-order valence-electron chi connectivity index (χ2n) is 10.4. The first-order valence-electron chi connectivity index (χ1n) is 14.6. The Kier molecular flexibility index (Phi) is 11.0. The van der Waals surface area contributed by atoms with Crippen LogP contribution in [0.3, 0.4) is 0 Å². The average molecular weight is 548 g/mol. The van der Waals surface area contributed by atoms with Gasteiger partial charge in [-0.1, -0.05) is 42.5 Å². The molecule has 2 aromatic carbocycles. The van der Waals surface area contributed by atoms with Gasteiger partial charge < -0.3 is 20.9 Å². The maximum absolute atomic E-state index is 4.41. The third-order valence-electron chi connectivity index (χ3n) is 7.24. The largest absolute Gasteiger partial charge is 0.361 e. The zero-order chi connectivity index (χ0) is 28.0. The van der Waals surface area contributed by atoms with Crippen molar-refractivity contribution in [1.29, 1.82) is 0 Å². The number of hydrogen-bond donors (Lipinski definition) is 4. The highest BCUT2D eigenvalue weighted by Crippen LogP contribution is 2.14. The zero-order valence-corrected chi connectivity index (χ0v) is 23.7. The summed E-state index contributed by atoms with van der Waals surface area (Å²) in [5.74, 6) is 0. The predicted molar refractivity (Wildman–Crippen MR) is 167 cm³/mol. The molecule has 3 aromatic heterocycles. The molecule has 5 rings (SSSR count). The zero-order valence-electron chi connectivity index (χ0n) is 23.7. The van der Waals surface area contributed by atoms with E-state index >= 15 is 0 Å². The average Bonchev–Trinajstić information content (AvgIpc) is 3.49. The highest BCUT2D eigenvalue weighted by molar-refractivity contribution is 5.79. The standard InChI is InChI=1S/C34H41N7/c1-3-15-38-32(5-1)25-36-19-21-41(22-20-37-26-33-6-2-4-16-39-33)27-30-9-7-29(8-10-30)24-35-17-13-28-11-12-34-31(23-28)14-18-40-34/h1-12,14-16,18,23,35-37,40H,13,17,19-22,24-27H2. The fourth-order valence-electron chi connectivity index (χ4n) is 4.93. The number of nitrogens with one attached hydrogen (secondary N) is 4. The van der Waals surface area contributed by atoms with E-state index in [1.165, 1.54) is 27.6 Å². The van der Waals surface area contributed by atoms with E-state index in [-0.39, 0.29) is 0 Å². The van der Waals surface area contributed by atoms with Crippen molar-refractivity contribution in [3.8, 4) is 0 Å². The van der Waals surface area contributed by atoms with Gasteiger partial charge in [-0.05, 0) is 77.5 Å².